The number of carbonyl (C=O) groups excluding carboxylic acids is 1. The van der Waals surface area contributed by atoms with Crippen LogP contribution in [0.2, 0.25) is 0 Å². The minimum absolute atomic E-state index is 0.102. The molecule has 2 aliphatic heterocycles. The standard InChI is InChI=1S/C10H14O2/c11-10-8-2-6-1-7(3-8)5-9(4-6)12-10/h6-9H,1-5H2/t6-,7-,8?,9?/m1/s1. The van der Waals surface area contributed by atoms with Gasteiger partial charge in [-0.05, 0) is 43.9 Å². The van der Waals surface area contributed by atoms with Crippen molar-refractivity contribution in [1.29, 1.82) is 0 Å². The normalized spacial score (nSPS) is 50.5. The first-order valence-corrected chi connectivity index (χ1v) is 5.02. The van der Waals surface area contributed by atoms with Crippen molar-refractivity contribution in [3.8, 4) is 0 Å². The van der Waals surface area contributed by atoms with Gasteiger partial charge in [-0.1, -0.05) is 0 Å². The number of carbonyl (C=O) groups is 1. The summed E-state index contributed by atoms with van der Waals surface area (Å²) in [6.07, 6.45) is 6.19. The number of fused-ring (bicyclic) bond motifs is 1. The maximum atomic E-state index is 11.4. The number of rotatable bonds is 0. The Morgan fingerprint density at radius 3 is 2.33 bits per heavy atom. The quantitative estimate of drug-likeness (QED) is 0.512. The molecular formula is C10H14O2. The monoisotopic (exact) mass is 166 g/mol. The summed E-state index contributed by atoms with van der Waals surface area (Å²) >= 11 is 0. The van der Waals surface area contributed by atoms with Gasteiger partial charge in [0.15, 0.2) is 0 Å². The van der Waals surface area contributed by atoms with Crippen molar-refractivity contribution in [3.05, 3.63) is 0 Å². The summed E-state index contributed by atoms with van der Waals surface area (Å²) in [4.78, 5) is 11.4. The molecule has 2 aliphatic carbocycles. The van der Waals surface area contributed by atoms with E-state index in [9.17, 15) is 4.79 Å². The molecule has 0 aromatic carbocycles. The van der Waals surface area contributed by atoms with Crippen LogP contribution in [0.3, 0.4) is 0 Å². The lowest BCUT2D eigenvalue weighted by Gasteiger charge is -2.35. The zero-order valence-electron chi connectivity index (χ0n) is 7.16. The predicted octanol–water partition coefficient (Wildman–Crippen LogP) is 1.74. The number of esters is 1. The number of hydrogen-bond donors (Lipinski definition) is 0. The maximum absolute atomic E-state index is 11.4. The summed E-state index contributed by atoms with van der Waals surface area (Å²) in [5.41, 5.74) is 0. The molecule has 0 spiro atoms. The second-order valence-corrected chi connectivity index (χ2v) is 4.67. The summed E-state index contributed by atoms with van der Waals surface area (Å²) < 4.78 is 5.40. The Hall–Kier alpha value is -0.530. The Bertz CT molecular complexity index is 210. The average Bonchev–Trinajstić information content (AvgIpc) is 2.16. The van der Waals surface area contributed by atoms with Crippen LogP contribution in [0.5, 0.6) is 0 Å². The molecule has 0 amide bonds. The van der Waals surface area contributed by atoms with E-state index in [1.165, 1.54) is 6.42 Å². The first kappa shape index (κ1) is 6.93. The molecule has 2 nitrogen and oxygen atoms in total. The third-order valence-electron chi connectivity index (χ3n) is 3.71. The van der Waals surface area contributed by atoms with Gasteiger partial charge in [0.25, 0.3) is 0 Å². The fraction of sp³-hybridized carbons (Fsp3) is 0.900. The van der Waals surface area contributed by atoms with E-state index in [0.29, 0.717) is 0 Å². The van der Waals surface area contributed by atoms with Gasteiger partial charge >= 0.3 is 5.97 Å². The minimum Gasteiger partial charge on any atom is -0.462 e. The zero-order valence-corrected chi connectivity index (χ0v) is 7.16. The summed E-state index contributed by atoms with van der Waals surface area (Å²) in [6.45, 7) is 0. The van der Waals surface area contributed by atoms with Crippen LogP contribution >= 0.6 is 0 Å². The highest BCUT2D eigenvalue weighted by Gasteiger charge is 2.44. The maximum Gasteiger partial charge on any atom is 0.309 e. The molecule has 4 fully saturated rings. The SMILES string of the molecule is O=C1OC2C[C@H]3CC1C[C@H](C2)C3. The Morgan fingerprint density at radius 1 is 1.00 bits per heavy atom. The highest BCUT2D eigenvalue weighted by molar-refractivity contribution is 5.73. The van der Waals surface area contributed by atoms with E-state index in [4.69, 9.17) is 4.74 Å². The molecule has 66 valence electrons. The summed E-state index contributed by atoms with van der Waals surface area (Å²) in [6, 6.07) is 0. The Labute approximate surface area is 72.3 Å². The van der Waals surface area contributed by atoms with Gasteiger partial charge in [0.1, 0.15) is 6.10 Å². The van der Waals surface area contributed by atoms with E-state index in [1.54, 1.807) is 0 Å². The highest BCUT2D eigenvalue weighted by Crippen LogP contribution is 2.46. The molecule has 0 unspecified atom stereocenters. The van der Waals surface area contributed by atoms with Crippen molar-refractivity contribution >= 4 is 5.97 Å². The lowest BCUT2D eigenvalue weighted by molar-refractivity contribution is -0.151. The number of ether oxygens (including phenoxy) is 1. The van der Waals surface area contributed by atoms with Crippen molar-refractivity contribution < 1.29 is 9.53 Å². The van der Waals surface area contributed by atoms with Crippen LogP contribution in [0.25, 0.3) is 0 Å². The van der Waals surface area contributed by atoms with Crippen LogP contribution in [-0.4, -0.2) is 12.1 Å². The number of hydrogen-bond acceptors (Lipinski definition) is 2. The van der Waals surface area contributed by atoms with Crippen molar-refractivity contribution in [1.82, 2.24) is 0 Å². The Balaban J connectivity index is 1.95. The predicted molar refractivity (Wildman–Crippen MR) is 43.4 cm³/mol. The van der Waals surface area contributed by atoms with E-state index in [1.807, 2.05) is 0 Å². The zero-order chi connectivity index (χ0) is 8.13. The second-order valence-electron chi connectivity index (χ2n) is 4.67. The molecule has 12 heavy (non-hydrogen) atoms. The smallest absolute Gasteiger partial charge is 0.309 e. The van der Waals surface area contributed by atoms with Gasteiger partial charge in [-0.3, -0.25) is 4.79 Å². The summed E-state index contributed by atoms with van der Waals surface area (Å²) in [7, 11) is 0. The van der Waals surface area contributed by atoms with Crippen molar-refractivity contribution in [3.63, 3.8) is 0 Å². The first-order valence-electron chi connectivity index (χ1n) is 5.02. The van der Waals surface area contributed by atoms with E-state index in [-0.39, 0.29) is 18.0 Å². The second kappa shape index (κ2) is 2.24. The molecule has 2 saturated heterocycles. The van der Waals surface area contributed by atoms with Crippen LogP contribution in [0.15, 0.2) is 0 Å². The lowest BCUT2D eigenvalue weighted by atomic mass is 9.68. The van der Waals surface area contributed by atoms with E-state index in [2.05, 4.69) is 0 Å². The third-order valence-corrected chi connectivity index (χ3v) is 3.71. The van der Waals surface area contributed by atoms with Gasteiger partial charge in [0.2, 0.25) is 0 Å². The first-order chi connectivity index (χ1) is 5.81. The van der Waals surface area contributed by atoms with E-state index < -0.39 is 0 Å². The van der Waals surface area contributed by atoms with Gasteiger partial charge in [-0.25, -0.2) is 0 Å². The van der Waals surface area contributed by atoms with Crippen LogP contribution in [0, 0.1) is 17.8 Å². The van der Waals surface area contributed by atoms with Crippen LogP contribution in [0.4, 0.5) is 0 Å². The lowest BCUT2D eigenvalue weighted by Crippen LogP contribution is -2.29. The topological polar surface area (TPSA) is 26.3 Å². The minimum atomic E-state index is 0.102. The average molecular weight is 166 g/mol. The molecule has 4 rings (SSSR count). The van der Waals surface area contributed by atoms with Crippen LogP contribution in [0.1, 0.15) is 32.1 Å². The van der Waals surface area contributed by atoms with E-state index >= 15 is 0 Å². The molecule has 2 atom stereocenters. The molecule has 4 aliphatic rings. The van der Waals surface area contributed by atoms with Gasteiger partial charge in [0.05, 0.1) is 5.92 Å². The highest BCUT2D eigenvalue weighted by atomic mass is 16.5. The molecule has 2 saturated carbocycles. The molecule has 0 radical (unpaired) electrons. The van der Waals surface area contributed by atoms with Gasteiger partial charge < -0.3 is 4.74 Å². The van der Waals surface area contributed by atoms with Gasteiger partial charge in [-0.2, -0.15) is 0 Å². The molecule has 0 aromatic heterocycles. The molecule has 0 aromatic rings. The Kier molecular flexibility index (Phi) is 1.29. The van der Waals surface area contributed by atoms with Crippen molar-refractivity contribution in [2.45, 2.75) is 38.2 Å². The fourth-order valence-electron chi connectivity index (χ4n) is 3.34. The molecule has 2 heteroatoms. The van der Waals surface area contributed by atoms with E-state index in [0.717, 1.165) is 37.5 Å². The molecular weight excluding hydrogens is 152 g/mol. The van der Waals surface area contributed by atoms with Gasteiger partial charge in [0, 0.05) is 0 Å². The molecule has 2 heterocycles. The van der Waals surface area contributed by atoms with Crippen molar-refractivity contribution in [2.24, 2.45) is 17.8 Å². The Morgan fingerprint density at radius 2 is 1.67 bits per heavy atom. The summed E-state index contributed by atoms with van der Waals surface area (Å²) in [5.74, 6) is 1.98. The summed E-state index contributed by atoms with van der Waals surface area (Å²) in [5, 5.41) is 0. The molecule has 0 N–H and O–H groups in total. The fourth-order valence-corrected chi connectivity index (χ4v) is 3.34. The molecule has 4 bridgehead atoms. The van der Waals surface area contributed by atoms with Crippen molar-refractivity contribution in [2.75, 3.05) is 0 Å². The van der Waals surface area contributed by atoms with Crippen LogP contribution < -0.4 is 0 Å². The van der Waals surface area contributed by atoms with Gasteiger partial charge in [-0.15, -0.1) is 0 Å². The third kappa shape index (κ3) is 0.900. The largest absolute Gasteiger partial charge is 0.462 e. The van der Waals surface area contributed by atoms with Crippen LogP contribution in [-0.2, 0) is 9.53 Å².